The van der Waals surface area contributed by atoms with Crippen molar-refractivity contribution < 1.29 is 9.90 Å². The van der Waals surface area contributed by atoms with Crippen molar-refractivity contribution in [3.63, 3.8) is 0 Å². The van der Waals surface area contributed by atoms with Crippen LogP contribution in [0.1, 0.15) is 55.9 Å². The van der Waals surface area contributed by atoms with Crippen LogP contribution in [0.4, 0.5) is 5.82 Å². The molecule has 2 N–H and O–H groups in total. The van der Waals surface area contributed by atoms with Crippen LogP contribution in [0, 0.1) is 5.92 Å². The summed E-state index contributed by atoms with van der Waals surface area (Å²) >= 11 is 0. The zero-order valence-corrected chi connectivity index (χ0v) is 11.4. The minimum absolute atomic E-state index is 0.100. The lowest BCUT2D eigenvalue weighted by Crippen LogP contribution is -2.30. The molecule has 0 aliphatic heterocycles. The minimum Gasteiger partial charge on any atom is -0.477 e. The fourth-order valence-electron chi connectivity index (χ4n) is 2.91. The average molecular weight is 262 g/mol. The van der Waals surface area contributed by atoms with Crippen LogP contribution >= 0.6 is 0 Å². The SMILES string of the molecule is CCC(Nc1cccc(C(=O)O)n1)C1CCCCC1. The van der Waals surface area contributed by atoms with Crippen LogP contribution < -0.4 is 5.32 Å². The van der Waals surface area contributed by atoms with Gasteiger partial charge in [0, 0.05) is 6.04 Å². The molecule has 1 unspecified atom stereocenters. The number of hydrogen-bond donors (Lipinski definition) is 2. The number of rotatable bonds is 5. The van der Waals surface area contributed by atoms with Gasteiger partial charge in [0.2, 0.25) is 0 Å². The van der Waals surface area contributed by atoms with Crippen molar-refractivity contribution in [1.82, 2.24) is 4.98 Å². The molecule has 1 heterocycles. The summed E-state index contributed by atoms with van der Waals surface area (Å²) in [5.74, 6) is 0.390. The van der Waals surface area contributed by atoms with Gasteiger partial charge < -0.3 is 10.4 Å². The Kier molecular flexibility index (Phi) is 4.77. The zero-order valence-electron chi connectivity index (χ0n) is 11.4. The smallest absolute Gasteiger partial charge is 0.354 e. The molecule has 0 bridgehead atoms. The predicted molar refractivity (Wildman–Crippen MR) is 75.5 cm³/mol. The standard InChI is InChI=1S/C15H22N2O2/c1-2-12(11-7-4-3-5-8-11)16-14-10-6-9-13(17-14)15(18)19/h6,9-12H,2-5,7-8H2,1H3,(H,16,17)(H,18,19). The number of pyridine rings is 1. The fraction of sp³-hybridized carbons (Fsp3) is 0.600. The van der Waals surface area contributed by atoms with Gasteiger partial charge in [-0.1, -0.05) is 32.3 Å². The molecule has 104 valence electrons. The molecule has 1 aromatic heterocycles. The van der Waals surface area contributed by atoms with Gasteiger partial charge in [-0.05, 0) is 37.3 Å². The molecule has 2 rings (SSSR count). The van der Waals surface area contributed by atoms with Crippen LogP contribution in [0.3, 0.4) is 0 Å². The molecule has 1 aromatic rings. The Bertz CT molecular complexity index is 428. The Morgan fingerprint density at radius 3 is 2.79 bits per heavy atom. The Balaban J connectivity index is 2.04. The van der Waals surface area contributed by atoms with Gasteiger partial charge in [0.15, 0.2) is 5.69 Å². The second-order valence-corrected chi connectivity index (χ2v) is 5.27. The molecule has 0 amide bonds. The summed E-state index contributed by atoms with van der Waals surface area (Å²) in [7, 11) is 0. The summed E-state index contributed by atoms with van der Waals surface area (Å²) in [6.07, 6.45) is 7.55. The maximum Gasteiger partial charge on any atom is 0.354 e. The largest absolute Gasteiger partial charge is 0.477 e. The first-order valence-corrected chi connectivity index (χ1v) is 7.17. The van der Waals surface area contributed by atoms with Gasteiger partial charge in [-0.15, -0.1) is 0 Å². The Morgan fingerprint density at radius 2 is 2.16 bits per heavy atom. The van der Waals surface area contributed by atoms with Crippen molar-refractivity contribution in [1.29, 1.82) is 0 Å². The molecule has 0 radical (unpaired) electrons. The van der Waals surface area contributed by atoms with E-state index < -0.39 is 5.97 Å². The molecular weight excluding hydrogens is 240 g/mol. The van der Waals surface area contributed by atoms with Crippen LogP contribution in [-0.2, 0) is 0 Å². The molecule has 0 spiro atoms. The number of anilines is 1. The number of nitrogens with zero attached hydrogens (tertiary/aromatic N) is 1. The molecule has 0 aromatic carbocycles. The quantitative estimate of drug-likeness (QED) is 0.851. The highest BCUT2D eigenvalue weighted by Gasteiger charge is 2.22. The molecule has 4 heteroatoms. The van der Waals surface area contributed by atoms with E-state index in [2.05, 4.69) is 17.2 Å². The molecule has 0 saturated heterocycles. The highest BCUT2D eigenvalue weighted by Crippen LogP contribution is 2.29. The molecule has 1 fully saturated rings. The Hall–Kier alpha value is -1.58. The number of hydrogen-bond acceptors (Lipinski definition) is 3. The number of carbonyl (C=O) groups is 1. The summed E-state index contributed by atoms with van der Waals surface area (Å²) < 4.78 is 0. The molecule has 4 nitrogen and oxygen atoms in total. The Morgan fingerprint density at radius 1 is 1.42 bits per heavy atom. The van der Waals surface area contributed by atoms with E-state index in [0.717, 1.165) is 6.42 Å². The highest BCUT2D eigenvalue weighted by atomic mass is 16.4. The monoisotopic (exact) mass is 262 g/mol. The number of aromatic nitrogens is 1. The van der Waals surface area contributed by atoms with Crippen LogP contribution in [0.5, 0.6) is 0 Å². The topological polar surface area (TPSA) is 62.2 Å². The minimum atomic E-state index is -0.977. The maximum atomic E-state index is 10.9. The lowest BCUT2D eigenvalue weighted by molar-refractivity contribution is 0.0690. The van der Waals surface area contributed by atoms with Crippen LogP contribution in [0.25, 0.3) is 0 Å². The van der Waals surface area contributed by atoms with Gasteiger partial charge in [-0.2, -0.15) is 0 Å². The van der Waals surface area contributed by atoms with Gasteiger partial charge >= 0.3 is 5.97 Å². The first-order chi connectivity index (χ1) is 9.20. The van der Waals surface area contributed by atoms with E-state index in [-0.39, 0.29) is 5.69 Å². The van der Waals surface area contributed by atoms with Crippen molar-refractivity contribution in [2.75, 3.05) is 5.32 Å². The Labute approximate surface area is 114 Å². The van der Waals surface area contributed by atoms with E-state index in [1.54, 1.807) is 6.07 Å². The van der Waals surface area contributed by atoms with E-state index in [1.807, 2.05) is 6.07 Å². The average Bonchev–Trinajstić information content (AvgIpc) is 2.46. The molecule has 1 atom stereocenters. The van der Waals surface area contributed by atoms with Gasteiger partial charge in [0.05, 0.1) is 0 Å². The summed E-state index contributed by atoms with van der Waals surface area (Å²) in [6, 6.07) is 5.51. The second-order valence-electron chi connectivity index (χ2n) is 5.27. The van der Waals surface area contributed by atoms with Crippen molar-refractivity contribution >= 4 is 11.8 Å². The molecular formula is C15H22N2O2. The van der Waals surface area contributed by atoms with Gasteiger partial charge in [-0.25, -0.2) is 9.78 Å². The highest BCUT2D eigenvalue weighted by molar-refractivity contribution is 5.85. The first-order valence-electron chi connectivity index (χ1n) is 7.17. The number of nitrogens with one attached hydrogen (secondary N) is 1. The lowest BCUT2D eigenvalue weighted by atomic mass is 9.83. The third-order valence-corrected chi connectivity index (χ3v) is 3.96. The van der Waals surface area contributed by atoms with Crippen molar-refractivity contribution in [2.45, 2.75) is 51.5 Å². The summed E-state index contributed by atoms with van der Waals surface area (Å²) in [5.41, 5.74) is 0.100. The number of carboxylic acids is 1. The lowest BCUT2D eigenvalue weighted by Gasteiger charge is -2.30. The third-order valence-electron chi connectivity index (χ3n) is 3.96. The second kappa shape index (κ2) is 6.55. The molecule has 19 heavy (non-hydrogen) atoms. The summed E-state index contributed by atoms with van der Waals surface area (Å²) in [5, 5.41) is 12.4. The van der Waals surface area contributed by atoms with E-state index in [4.69, 9.17) is 5.11 Å². The maximum absolute atomic E-state index is 10.9. The molecule has 1 saturated carbocycles. The van der Waals surface area contributed by atoms with Gasteiger partial charge in [0.25, 0.3) is 0 Å². The van der Waals surface area contributed by atoms with Crippen molar-refractivity contribution in [2.24, 2.45) is 5.92 Å². The van der Waals surface area contributed by atoms with Gasteiger partial charge in [-0.3, -0.25) is 0 Å². The molecule has 1 aliphatic carbocycles. The van der Waals surface area contributed by atoms with E-state index >= 15 is 0 Å². The number of aromatic carboxylic acids is 1. The summed E-state index contributed by atoms with van der Waals surface area (Å²) in [4.78, 5) is 15.1. The first kappa shape index (κ1) is 13.8. The van der Waals surface area contributed by atoms with Crippen LogP contribution in [0.2, 0.25) is 0 Å². The van der Waals surface area contributed by atoms with Crippen molar-refractivity contribution in [3.05, 3.63) is 23.9 Å². The summed E-state index contributed by atoms with van der Waals surface area (Å²) in [6.45, 7) is 2.17. The number of carboxylic acid groups (broad SMARTS) is 1. The van der Waals surface area contributed by atoms with E-state index in [0.29, 0.717) is 17.8 Å². The van der Waals surface area contributed by atoms with E-state index in [9.17, 15) is 4.79 Å². The van der Waals surface area contributed by atoms with Crippen LogP contribution in [-0.4, -0.2) is 22.1 Å². The van der Waals surface area contributed by atoms with Crippen LogP contribution in [0.15, 0.2) is 18.2 Å². The normalized spacial score (nSPS) is 17.9. The zero-order chi connectivity index (χ0) is 13.7. The third kappa shape index (κ3) is 3.69. The van der Waals surface area contributed by atoms with Crippen molar-refractivity contribution in [3.8, 4) is 0 Å². The van der Waals surface area contributed by atoms with E-state index in [1.165, 1.54) is 38.2 Å². The molecule has 1 aliphatic rings. The fourth-order valence-corrected chi connectivity index (χ4v) is 2.91. The predicted octanol–water partition coefficient (Wildman–Crippen LogP) is 3.55. The van der Waals surface area contributed by atoms with Gasteiger partial charge in [0.1, 0.15) is 5.82 Å².